The second-order valence-corrected chi connectivity index (χ2v) is 7.57. The number of carboxylic acids is 1. The van der Waals surface area contributed by atoms with Gasteiger partial charge in [-0.1, -0.05) is 36.4 Å². The Labute approximate surface area is 191 Å². The predicted molar refractivity (Wildman–Crippen MR) is 124 cm³/mol. The molecule has 7 N–H and O–H groups in total. The van der Waals surface area contributed by atoms with Gasteiger partial charge in [0.15, 0.2) is 23.0 Å². The van der Waals surface area contributed by atoms with Crippen molar-refractivity contribution in [2.45, 2.75) is 19.5 Å². The summed E-state index contributed by atoms with van der Waals surface area (Å²) in [5, 5.41) is 46.3. The van der Waals surface area contributed by atoms with E-state index in [1.807, 2.05) is 24.3 Å². The summed E-state index contributed by atoms with van der Waals surface area (Å²) in [5.41, 5.74) is 9.13. The lowest BCUT2D eigenvalue weighted by atomic mass is 10.0. The Hall–Kier alpha value is -4.17. The molecule has 4 rings (SSSR count). The van der Waals surface area contributed by atoms with E-state index < -0.39 is 5.97 Å². The number of carbonyl (C=O) groups is 1. The summed E-state index contributed by atoms with van der Waals surface area (Å²) in [6.07, 6.45) is 2.37. The van der Waals surface area contributed by atoms with Gasteiger partial charge in [-0.25, -0.2) is 4.79 Å². The van der Waals surface area contributed by atoms with E-state index in [0.717, 1.165) is 22.3 Å². The molecular formula is C25H26N2O6. The Morgan fingerprint density at radius 3 is 2.06 bits per heavy atom. The smallest absolute Gasteiger partial charge is 0.352 e. The van der Waals surface area contributed by atoms with Gasteiger partial charge >= 0.3 is 5.97 Å². The Morgan fingerprint density at radius 2 is 1.45 bits per heavy atom. The molecule has 0 unspecified atom stereocenters. The number of nitrogens with two attached hydrogens (primary N) is 1. The quantitative estimate of drug-likeness (QED) is 0.325. The number of hydrogen-bond acceptors (Lipinski definition) is 7. The summed E-state index contributed by atoms with van der Waals surface area (Å²) in [6, 6.07) is 16.9. The molecule has 3 aromatic rings. The zero-order valence-corrected chi connectivity index (χ0v) is 17.8. The minimum Gasteiger partial charge on any atom is -0.504 e. The summed E-state index contributed by atoms with van der Waals surface area (Å²) < 4.78 is 0. The number of phenolic OH excluding ortho intramolecular Hbond substituents is 4. The third kappa shape index (κ3) is 5.96. The molecule has 1 aliphatic rings. The molecule has 3 aromatic carbocycles. The van der Waals surface area contributed by atoms with E-state index in [9.17, 15) is 20.1 Å². The first kappa shape index (κ1) is 23.5. The summed E-state index contributed by atoms with van der Waals surface area (Å²) in [5.74, 6) is -1.57. The van der Waals surface area contributed by atoms with Crippen molar-refractivity contribution in [2.75, 3.05) is 6.54 Å². The van der Waals surface area contributed by atoms with Crippen LogP contribution < -0.4 is 5.73 Å². The monoisotopic (exact) mass is 450 g/mol. The molecule has 1 heterocycles. The van der Waals surface area contributed by atoms with Crippen LogP contribution in [0.25, 0.3) is 6.08 Å². The van der Waals surface area contributed by atoms with Crippen LogP contribution in [0, 0.1) is 0 Å². The molecule has 0 saturated carbocycles. The lowest BCUT2D eigenvalue weighted by Crippen LogP contribution is -2.29. The highest BCUT2D eigenvalue weighted by atomic mass is 16.4. The van der Waals surface area contributed by atoms with Crippen LogP contribution in [0.4, 0.5) is 0 Å². The number of phenols is 4. The Kier molecular flexibility index (Phi) is 7.42. The van der Waals surface area contributed by atoms with Crippen molar-refractivity contribution < 1.29 is 30.3 Å². The van der Waals surface area contributed by atoms with Crippen LogP contribution in [0.1, 0.15) is 22.3 Å². The normalized spacial score (nSPS) is 12.3. The van der Waals surface area contributed by atoms with Crippen LogP contribution >= 0.6 is 0 Å². The zero-order chi connectivity index (χ0) is 24.0. The maximum Gasteiger partial charge on any atom is 0.352 e. The van der Waals surface area contributed by atoms with E-state index in [0.29, 0.717) is 26.1 Å². The maximum absolute atomic E-state index is 11.5. The largest absolute Gasteiger partial charge is 0.504 e. The van der Waals surface area contributed by atoms with Crippen molar-refractivity contribution >= 4 is 12.0 Å². The highest BCUT2D eigenvalue weighted by Crippen LogP contribution is 2.29. The minimum absolute atomic E-state index is 0.0871. The van der Waals surface area contributed by atoms with Gasteiger partial charge in [-0.05, 0) is 65.6 Å². The molecule has 1 aliphatic heterocycles. The first-order chi connectivity index (χ1) is 15.8. The van der Waals surface area contributed by atoms with Gasteiger partial charge in [0, 0.05) is 13.1 Å². The third-order valence-electron chi connectivity index (χ3n) is 5.15. The maximum atomic E-state index is 11.5. The topological polar surface area (TPSA) is 147 Å². The van der Waals surface area contributed by atoms with Crippen LogP contribution in [0.5, 0.6) is 23.0 Å². The molecule has 33 heavy (non-hydrogen) atoms. The average molecular weight is 450 g/mol. The van der Waals surface area contributed by atoms with Crippen LogP contribution in [-0.4, -0.2) is 42.9 Å². The van der Waals surface area contributed by atoms with Gasteiger partial charge < -0.3 is 36.2 Å². The summed E-state index contributed by atoms with van der Waals surface area (Å²) >= 11 is 0. The highest BCUT2D eigenvalue weighted by Gasteiger charge is 2.23. The molecule has 8 heteroatoms. The minimum atomic E-state index is -0.988. The number of fused-ring (bicyclic) bond motifs is 1. The van der Waals surface area contributed by atoms with Gasteiger partial charge in [-0.2, -0.15) is 0 Å². The second kappa shape index (κ2) is 10.4. The first-order valence-electron chi connectivity index (χ1n) is 10.3. The van der Waals surface area contributed by atoms with E-state index in [4.69, 9.17) is 15.9 Å². The van der Waals surface area contributed by atoms with Gasteiger partial charge in [0.05, 0.1) is 0 Å². The van der Waals surface area contributed by atoms with Crippen molar-refractivity contribution in [1.29, 1.82) is 0 Å². The number of benzene rings is 3. The number of aromatic hydroxyl groups is 4. The fraction of sp³-hybridized carbons (Fsp3) is 0.160. The van der Waals surface area contributed by atoms with Crippen molar-refractivity contribution in [3.63, 3.8) is 0 Å². The van der Waals surface area contributed by atoms with E-state index in [2.05, 4.69) is 0 Å². The van der Waals surface area contributed by atoms with E-state index in [-0.39, 0.29) is 28.7 Å². The van der Waals surface area contributed by atoms with E-state index in [1.165, 1.54) is 24.3 Å². The Morgan fingerprint density at radius 1 is 0.848 bits per heavy atom. The lowest BCUT2D eigenvalue weighted by molar-refractivity contribution is -0.134. The van der Waals surface area contributed by atoms with Gasteiger partial charge in [-0.15, -0.1) is 0 Å². The number of rotatable bonds is 5. The zero-order valence-electron chi connectivity index (χ0n) is 17.8. The predicted octanol–water partition coefficient (Wildman–Crippen LogP) is 3.14. The first-order valence-corrected chi connectivity index (χ1v) is 10.3. The van der Waals surface area contributed by atoms with Crippen LogP contribution in [-0.2, 0) is 24.3 Å². The van der Waals surface area contributed by atoms with Crippen molar-refractivity contribution in [3.8, 4) is 23.0 Å². The molecule has 0 aromatic heterocycles. The van der Waals surface area contributed by atoms with Crippen LogP contribution in [0.15, 0.2) is 66.4 Å². The highest BCUT2D eigenvalue weighted by molar-refractivity contribution is 5.92. The van der Waals surface area contributed by atoms with Crippen molar-refractivity contribution in [3.05, 3.63) is 88.6 Å². The molecule has 0 bridgehead atoms. The SMILES string of the molecule is NCCc1ccc(O)c(O)c1.O=C(O)C1=Cc2ccccc2CN1Cc1ccc(O)c(O)c1. The number of hydrogen-bond donors (Lipinski definition) is 6. The number of aliphatic carboxylic acids is 1. The number of carboxylic acid groups (broad SMARTS) is 1. The van der Waals surface area contributed by atoms with Gasteiger partial charge in [0.1, 0.15) is 5.70 Å². The molecule has 0 radical (unpaired) electrons. The van der Waals surface area contributed by atoms with Gasteiger partial charge in [0.25, 0.3) is 0 Å². The average Bonchev–Trinajstić information content (AvgIpc) is 2.79. The number of nitrogens with zero attached hydrogens (tertiary/aromatic N) is 1. The molecule has 0 amide bonds. The third-order valence-corrected chi connectivity index (χ3v) is 5.15. The molecule has 0 spiro atoms. The van der Waals surface area contributed by atoms with Crippen LogP contribution in [0.2, 0.25) is 0 Å². The Bertz CT molecular complexity index is 1180. The van der Waals surface area contributed by atoms with E-state index >= 15 is 0 Å². The summed E-state index contributed by atoms with van der Waals surface area (Å²) in [7, 11) is 0. The summed E-state index contributed by atoms with van der Waals surface area (Å²) in [6.45, 7) is 1.36. The van der Waals surface area contributed by atoms with E-state index in [1.54, 1.807) is 23.1 Å². The standard InChI is InChI=1S/C17H15NO4.C8H11NO2/c19-15-6-5-11(7-16(15)20)9-18-10-13-4-2-1-3-12(13)8-14(18)17(21)22;9-4-3-6-1-2-7(10)8(11)5-6/h1-8,19-20H,9-10H2,(H,21,22);1-2,5,10-11H,3-4,9H2. The summed E-state index contributed by atoms with van der Waals surface area (Å²) in [4.78, 5) is 13.2. The van der Waals surface area contributed by atoms with Gasteiger partial charge in [0.2, 0.25) is 0 Å². The molecule has 0 atom stereocenters. The van der Waals surface area contributed by atoms with Gasteiger partial charge in [-0.3, -0.25) is 0 Å². The van der Waals surface area contributed by atoms with Crippen LogP contribution in [0.3, 0.4) is 0 Å². The van der Waals surface area contributed by atoms with Crippen molar-refractivity contribution in [2.24, 2.45) is 5.73 Å². The molecule has 0 aliphatic carbocycles. The molecule has 172 valence electrons. The lowest BCUT2D eigenvalue weighted by Gasteiger charge is -2.29. The molecule has 0 saturated heterocycles. The molecule has 8 nitrogen and oxygen atoms in total. The fourth-order valence-corrected chi connectivity index (χ4v) is 3.47. The van der Waals surface area contributed by atoms with Crippen molar-refractivity contribution in [1.82, 2.24) is 4.90 Å². The fourth-order valence-electron chi connectivity index (χ4n) is 3.47. The molecular weight excluding hydrogens is 424 g/mol. The Balaban J connectivity index is 0.000000235. The second-order valence-electron chi connectivity index (χ2n) is 7.57. The molecule has 0 fully saturated rings.